The van der Waals surface area contributed by atoms with E-state index in [0.717, 1.165) is 19.4 Å². The molecule has 3 rings (SSSR count). The normalized spacial score (nSPS) is 17.3. The van der Waals surface area contributed by atoms with Gasteiger partial charge in [-0.1, -0.05) is 0 Å². The molecular formula is C15H19FN6O2. The number of hydrogen-bond donors (Lipinski definition) is 3. The van der Waals surface area contributed by atoms with Gasteiger partial charge in [-0.15, -0.1) is 0 Å². The largest absolute Gasteiger partial charge is 0.494 e. The lowest BCUT2D eigenvalue weighted by molar-refractivity contribution is 0.0874. The Balaban J connectivity index is 1.74. The van der Waals surface area contributed by atoms with Gasteiger partial charge in [0.15, 0.2) is 11.6 Å². The van der Waals surface area contributed by atoms with Gasteiger partial charge < -0.3 is 25.8 Å². The van der Waals surface area contributed by atoms with Gasteiger partial charge in [0.05, 0.1) is 19.8 Å². The average molecular weight is 334 g/mol. The summed E-state index contributed by atoms with van der Waals surface area (Å²) in [5.74, 6) is 0.332. The number of nitrogens with two attached hydrogens (primary N) is 1. The predicted molar refractivity (Wildman–Crippen MR) is 87.9 cm³/mol. The first-order chi connectivity index (χ1) is 11.6. The quantitative estimate of drug-likeness (QED) is 0.761. The number of rotatable bonds is 5. The second-order valence-corrected chi connectivity index (χ2v) is 5.37. The van der Waals surface area contributed by atoms with E-state index >= 15 is 0 Å². The molecule has 0 aliphatic carbocycles. The van der Waals surface area contributed by atoms with Crippen LogP contribution < -0.4 is 21.1 Å². The molecule has 1 fully saturated rings. The van der Waals surface area contributed by atoms with E-state index in [0.29, 0.717) is 18.2 Å². The van der Waals surface area contributed by atoms with Crippen LogP contribution in [0.15, 0.2) is 18.2 Å². The van der Waals surface area contributed by atoms with Crippen molar-refractivity contribution in [3.63, 3.8) is 0 Å². The molecule has 1 aliphatic rings. The van der Waals surface area contributed by atoms with Crippen LogP contribution in [0, 0.1) is 5.82 Å². The Hall–Kier alpha value is -2.68. The lowest BCUT2D eigenvalue weighted by Gasteiger charge is -2.23. The molecule has 8 nitrogen and oxygen atoms in total. The molecule has 1 atom stereocenters. The predicted octanol–water partition coefficient (Wildman–Crippen LogP) is 1.94. The van der Waals surface area contributed by atoms with Gasteiger partial charge in [-0.05, 0) is 25.0 Å². The maximum absolute atomic E-state index is 13.8. The molecule has 2 aromatic rings. The van der Waals surface area contributed by atoms with Crippen molar-refractivity contribution in [2.75, 3.05) is 36.7 Å². The van der Waals surface area contributed by atoms with Crippen molar-refractivity contribution in [1.82, 2.24) is 15.0 Å². The van der Waals surface area contributed by atoms with Crippen LogP contribution in [0.25, 0.3) is 0 Å². The molecule has 2 heterocycles. The van der Waals surface area contributed by atoms with Crippen molar-refractivity contribution in [2.24, 2.45) is 0 Å². The Bertz CT molecular complexity index is 708. The van der Waals surface area contributed by atoms with Crippen LogP contribution in [0.3, 0.4) is 0 Å². The van der Waals surface area contributed by atoms with Crippen LogP contribution in [-0.4, -0.2) is 41.3 Å². The number of nitrogen functional groups attached to an aromatic ring is 1. The summed E-state index contributed by atoms with van der Waals surface area (Å²) in [5.41, 5.74) is 6.20. The number of ether oxygens (including phenoxy) is 2. The van der Waals surface area contributed by atoms with E-state index in [-0.39, 0.29) is 23.7 Å². The van der Waals surface area contributed by atoms with Crippen molar-refractivity contribution < 1.29 is 13.9 Å². The van der Waals surface area contributed by atoms with Crippen LogP contribution in [0.1, 0.15) is 12.8 Å². The number of halogens is 1. The monoisotopic (exact) mass is 334 g/mol. The third-order valence-corrected chi connectivity index (χ3v) is 3.55. The maximum atomic E-state index is 13.8. The van der Waals surface area contributed by atoms with Crippen molar-refractivity contribution in [2.45, 2.75) is 18.9 Å². The van der Waals surface area contributed by atoms with Gasteiger partial charge in [0, 0.05) is 18.4 Å². The molecule has 1 aliphatic heterocycles. The van der Waals surface area contributed by atoms with Crippen LogP contribution in [0.5, 0.6) is 5.75 Å². The standard InChI is InChI=1S/C15H19FN6O2/c1-23-12-5-4-9(7-11(12)16)18-14-20-13(17)21-15(22-14)19-10-3-2-6-24-8-10/h4-5,7,10H,2-3,6,8H2,1H3,(H4,17,18,19,20,21,22). The molecule has 0 amide bonds. The van der Waals surface area contributed by atoms with E-state index in [4.69, 9.17) is 15.2 Å². The highest BCUT2D eigenvalue weighted by atomic mass is 19.1. The zero-order valence-corrected chi connectivity index (χ0v) is 13.3. The van der Waals surface area contributed by atoms with Gasteiger partial charge in [-0.3, -0.25) is 0 Å². The Morgan fingerprint density at radius 2 is 2.12 bits per heavy atom. The molecule has 24 heavy (non-hydrogen) atoms. The molecule has 0 saturated carbocycles. The minimum absolute atomic E-state index is 0.0701. The van der Waals surface area contributed by atoms with Gasteiger partial charge in [0.1, 0.15) is 0 Å². The van der Waals surface area contributed by atoms with Gasteiger partial charge in [0.25, 0.3) is 0 Å². The van der Waals surface area contributed by atoms with E-state index in [1.54, 1.807) is 6.07 Å². The number of hydrogen-bond acceptors (Lipinski definition) is 8. The number of aromatic nitrogens is 3. The highest BCUT2D eigenvalue weighted by Gasteiger charge is 2.16. The minimum Gasteiger partial charge on any atom is -0.494 e. The van der Waals surface area contributed by atoms with Crippen LogP contribution in [0.4, 0.5) is 27.9 Å². The van der Waals surface area contributed by atoms with Crippen LogP contribution >= 0.6 is 0 Å². The van der Waals surface area contributed by atoms with Crippen LogP contribution in [-0.2, 0) is 4.74 Å². The van der Waals surface area contributed by atoms with E-state index in [9.17, 15) is 4.39 Å². The van der Waals surface area contributed by atoms with E-state index in [1.807, 2.05) is 0 Å². The molecule has 1 aromatic carbocycles. The van der Waals surface area contributed by atoms with Gasteiger partial charge in [0.2, 0.25) is 17.8 Å². The number of methoxy groups -OCH3 is 1. The molecule has 0 radical (unpaired) electrons. The number of nitrogens with one attached hydrogen (secondary N) is 2. The topological polar surface area (TPSA) is 107 Å². The molecule has 1 aromatic heterocycles. The zero-order chi connectivity index (χ0) is 16.9. The first-order valence-corrected chi connectivity index (χ1v) is 7.60. The fraction of sp³-hybridized carbons (Fsp3) is 0.400. The summed E-state index contributed by atoms with van der Waals surface area (Å²) >= 11 is 0. The number of nitrogens with zero attached hydrogens (tertiary/aromatic N) is 3. The lowest BCUT2D eigenvalue weighted by atomic mass is 10.1. The third kappa shape index (κ3) is 3.99. The Morgan fingerprint density at radius 3 is 2.83 bits per heavy atom. The first-order valence-electron chi connectivity index (χ1n) is 7.60. The maximum Gasteiger partial charge on any atom is 0.233 e. The van der Waals surface area contributed by atoms with Crippen molar-refractivity contribution in [1.29, 1.82) is 0 Å². The Kier molecular flexibility index (Phi) is 4.90. The fourth-order valence-electron chi connectivity index (χ4n) is 2.42. The second-order valence-electron chi connectivity index (χ2n) is 5.37. The van der Waals surface area contributed by atoms with E-state index in [2.05, 4.69) is 25.6 Å². The first kappa shape index (κ1) is 16.2. The van der Waals surface area contributed by atoms with Gasteiger partial charge in [-0.25, -0.2) is 4.39 Å². The summed E-state index contributed by atoms with van der Waals surface area (Å²) in [5, 5.41) is 6.08. The smallest absolute Gasteiger partial charge is 0.233 e. The summed E-state index contributed by atoms with van der Waals surface area (Å²) in [4.78, 5) is 12.3. The SMILES string of the molecule is COc1ccc(Nc2nc(N)nc(NC3CCCOC3)n2)cc1F. The Labute approximate surface area is 138 Å². The van der Waals surface area contributed by atoms with Crippen molar-refractivity contribution in [3.8, 4) is 5.75 Å². The van der Waals surface area contributed by atoms with E-state index < -0.39 is 5.82 Å². The van der Waals surface area contributed by atoms with Crippen LogP contribution in [0.2, 0.25) is 0 Å². The molecule has 1 saturated heterocycles. The molecule has 0 spiro atoms. The highest BCUT2D eigenvalue weighted by molar-refractivity contribution is 5.56. The zero-order valence-electron chi connectivity index (χ0n) is 13.3. The molecule has 0 bridgehead atoms. The minimum atomic E-state index is -0.484. The highest BCUT2D eigenvalue weighted by Crippen LogP contribution is 2.23. The van der Waals surface area contributed by atoms with Crippen molar-refractivity contribution >= 4 is 23.5 Å². The second kappa shape index (κ2) is 7.26. The molecular weight excluding hydrogens is 315 g/mol. The molecule has 1 unspecified atom stereocenters. The van der Waals surface area contributed by atoms with Gasteiger partial charge >= 0.3 is 0 Å². The van der Waals surface area contributed by atoms with Gasteiger partial charge in [-0.2, -0.15) is 15.0 Å². The number of anilines is 4. The third-order valence-electron chi connectivity index (χ3n) is 3.55. The lowest BCUT2D eigenvalue weighted by Crippen LogP contribution is -2.31. The average Bonchev–Trinajstić information content (AvgIpc) is 2.55. The summed E-state index contributed by atoms with van der Waals surface area (Å²) < 4.78 is 24.1. The van der Waals surface area contributed by atoms with E-state index in [1.165, 1.54) is 19.2 Å². The summed E-state index contributed by atoms with van der Waals surface area (Å²) in [6.07, 6.45) is 1.95. The fourth-order valence-corrected chi connectivity index (χ4v) is 2.42. The molecule has 4 N–H and O–H groups in total. The summed E-state index contributed by atoms with van der Waals surface area (Å²) in [6.45, 7) is 1.37. The number of benzene rings is 1. The molecule has 128 valence electrons. The summed E-state index contributed by atoms with van der Waals surface area (Å²) in [7, 11) is 1.41. The summed E-state index contributed by atoms with van der Waals surface area (Å²) in [6, 6.07) is 4.60. The Morgan fingerprint density at radius 1 is 1.29 bits per heavy atom. The molecule has 9 heteroatoms. The van der Waals surface area contributed by atoms with Crippen molar-refractivity contribution in [3.05, 3.63) is 24.0 Å².